The highest BCUT2D eigenvalue weighted by molar-refractivity contribution is 5.78. The molecule has 36 heavy (non-hydrogen) atoms. The SMILES string of the molecule is CC(Cc1cccc(CC(=O)[N]Cc2cccc(OC(F)(F)F)c2)c1)NC[C@H](O)c1ccc(N)nc1. The lowest BCUT2D eigenvalue weighted by Crippen LogP contribution is -2.32. The lowest BCUT2D eigenvalue weighted by atomic mass is 10.0. The van der Waals surface area contributed by atoms with Gasteiger partial charge in [-0.1, -0.05) is 42.5 Å². The number of amides is 1. The van der Waals surface area contributed by atoms with Crippen LogP contribution in [-0.4, -0.2) is 34.9 Å². The molecule has 1 radical (unpaired) electrons. The van der Waals surface area contributed by atoms with E-state index in [4.69, 9.17) is 5.73 Å². The van der Waals surface area contributed by atoms with Gasteiger partial charge >= 0.3 is 6.36 Å². The van der Waals surface area contributed by atoms with E-state index in [2.05, 4.69) is 20.4 Å². The van der Waals surface area contributed by atoms with Crippen LogP contribution in [0.1, 0.15) is 35.3 Å². The predicted octanol–water partition coefficient (Wildman–Crippen LogP) is 3.69. The van der Waals surface area contributed by atoms with Gasteiger partial charge in [-0.25, -0.2) is 10.3 Å². The number of aliphatic hydroxyl groups excluding tert-OH is 1. The van der Waals surface area contributed by atoms with Gasteiger partial charge in [0.1, 0.15) is 11.6 Å². The quantitative estimate of drug-likeness (QED) is 0.370. The van der Waals surface area contributed by atoms with Crippen LogP contribution in [0.5, 0.6) is 5.75 Å². The van der Waals surface area contributed by atoms with Crippen LogP contribution < -0.4 is 21.1 Å². The fourth-order valence-electron chi connectivity index (χ4n) is 3.59. The van der Waals surface area contributed by atoms with Gasteiger partial charge in [-0.05, 0) is 48.2 Å². The summed E-state index contributed by atoms with van der Waals surface area (Å²) in [6.07, 6.45) is -3.19. The van der Waals surface area contributed by atoms with Crippen molar-refractivity contribution in [3.63, 3.8) is 0 Å². The van der Waals surface area contributed by atoms with Gasteiger partial charge in [-0.3, -0.25) is 4.79 Å². The minimum Gasteiger partial charge on any atom is -0.406 e. The molecule has 2 atom stereocenters. The van der Waals surface area contributed by atoms with Crippen molar-refractivity contribution in [2.75, 3.05) is 12.3 Å². The Kier molecular flexibility index (Phi) is 9.26. The minimum atomic E-state index is -4.78. The Balaban J connectivity index is 1.46. The van der Waals surface area contributed by atoms with E-state index in [1.807, 2.05) is 31.2 Å². The molecule has 0 aliphatic carbocycles. The first kappa shape index (κ1) is 27.0. The summed E-state index contributed by atoms with van der Waals surface area (Å²) in [5.74, 6) is -0.334. The summed E-state index contributed by atoms with van der Waals surface area (Å²) in [6, 6.07) is 16.4. The molecule has 0 aliphatic rings. The summed E-state index contributed by atoms with van der Waals surface area (Å²) >= 11 is 0. The average Bonchev–Trinajstić information content (AvgIpc) is 2.81. The molecule has 0 saturated heterocycles. The van der Waals surface area contributed by atoms with E-state index < -0.39 is 12.5 Å². The molecular formula is C26H28F3N4O3. The molecule has 2 aromatic carbocycles. The monoisotopic (exact) mass is 501 g/mol. The van der Waals surface area contributed by atoms with Crippen molar-refractivity contribution in [2.24, 2.45) is 0 Å². The molecule has 4 N–H and O–H groups in total. The summed E-state index contributed by atoms with van der Waals surface area (Å²) in [5, 5.41) is 17.6. The number of benzene rings is 2. The van der Waals surface area contributed by atoms with Crippen LogP contribution in [0.4, 0.5) is 19.0 Å². The highest BCUT2D eigenvalue weighted by Gasteiger charge is 2.31. The number of halogens is 3. The number of hydrogen-bond donors (Lipinski definition) is 3. The molecular weight excluding hydrogens is 473 g/mol. The molecule has 191 valence electrons. The third-order valence-corrected chi connectivity index (χ3v) is 5.31. The zero-order valence-corrected chi connectivity index (χ0v) is 19.7. The summed E-state index contributed by atoms with van der Waals surface area (Å²) in [4.78, 5) is 16.3. The second kappa shape index (κ2) is 12.4. The Labute approximate surface area is 207 Å². The first-order valence-corrected chi connectivity index (χ1v) is 11.3. The molecule has 1 amide bonds. The molecule has 7 nitrogen and oxygen atoms in total. The molecule has 1 unspecified atom stereocenters. The van der Waals surface area contributed by atoms with Crippen molar-refractivity contribution >= 4 is 11.7 Å². The van der Waals surface area contributed by atoms with Gasteiger partial charge < -0.3 is 20.9 Å². The smallest absolute Gasteiger partial charge is 0.406 e. The standard InChI is InChI=1S/C26H28F3N4O3/c1-17(31-16-23(34)21-8-9-24(30)32-15-21)10-18-4-2-5-19(11-18)13-25(35)33-14-20-6-3-7-22(12-20)36-26(27,28)29/h2-9,11-12,15,17,23,31,34H,10,13-14,16H2,1H3,(H2,30,32)/t17?,23-/m0/s1. The first-order chi connectivity index (χ1) is 17.1. The summed E-state index contributed by atoms with van der Waals surface area (Å²) in [6.45, 7) is 2.30. The van der Waals surface area contributed by atoms with E-state index in [0.29, 0.717) is 29.9 Å². The summed E-state index contributed by atoms with van der Waals surface area (Å²) in [5.41, 5.74) is 8.49. The number of carbonyl (C=O) groups excluding carboxylic acids is 1. The fourth-order valence-corrected chi connectivity index (χ4v) is 3.59. The van der Waals surface area contributed by atoms with E-state index in [9.17, 15) is 23.1 Å². The number of nitrogens with one attached hydrogen (secondary N) is 1. The van der Waals surface area contributed by atoms with Crippen molar-refractivity contribution in [3.8, 4) is 5.75 Å². The van der Waals surface area contributed by atoms with Crippen LogP contribution in [-0.2, 0) is 24.2 Å². The van der Waals surface area contributed by atoms with E-state index in [0.717, 1.165) is 11.1 Å². The van der Waals surface area contributed by atoms with Crippen LogP contribution in [0.25, 0.3) is 0 Å². The van der Waals surface area contributed by atoms with Gasteiger partial charge in [-0.2, -0.15) is 0 Å². The average molecular weight is 502 g/mol. The molecule has 0 bridgehead atoms. The van der Waals surface area contributed by atoms with Crippen molar-refractivity contribution in [1.82, 2.24) is 15.6 Å². The number of nitrogens with two attached hydrogens (primary N) is 1. The zero-order valence-electron chi connectivity index (χ0n) is 19.7. The number of alkyl halides is 3. The Hall–Kier alpha value is -3.63. The third kappa shape index (κ3) is 9.20. The van der Waals surface area contributed by atoms with E-state index in [1.165, 1.54) is 18.2 Å². The number of nitrogens with zero attached hydrogens (tertiary/aromatic N) is 2. The molecule has 1 heterocycles. The van der Waals surface area contributed by atoms with Crippen LogP contribution in [0.15, 0.2) is 66.9 Å². The second-order valence-corrected chi connectivity index (χ2v) is 8.45. The molecule has 0 fully saturated rings. The Morgan fingerprint density at radius 3 is 2.56 bits per heavy atom. The number of aliphatic hydroxyl groups is 1. The van der Waals surface area contributed by atoms with E-state index >= 15 is 0 Å². The number of rotatable bonds is 11. The minimum absolute atomic E-state index is 0.0413. The Morgan fingerprint density at radius 2 is 1.83 bits per heavy atom. The van der Waals surface area contributed by atoms with Crippen molar-refractivity contribution < 1.29 is 27.8 Å². The summed E-state index contributed by atoms with van der Waals surface area (Å²) in [7, 11) is 0. The Morgan fingerprint density at radius 1 is 1.11 bits per heavy atom. The number of hydrogen-bond acceptors (Lipinski definition) is 6. The summed E-state index contributed by atoms with van der Waals surface area (Å²) < 4.78 is 41.0. The van der Waals surface area contributed by atoms with Gasteiger partial charge in [0.05, 0.1) is 19.1 Å². The second-order valence-electron chi connectivity index (χ2n) is 8.45. The topological polar surface area (TPSA) is 112 Å². The lowest BCUT2D eigenvalue weighted by molar-refractivity contribution is -0.274. The Bertz CT molecular complexity index is 1140. The number of carbonyl (C=O) groups is 1. The highest BCUT2D eigenvalue weighted by Crippen LogP contribution is 2.23. The molecule has 3 rings (SSSR count). The van der Waals surface area contributed by atoms with Crippen LogP contribution in [0, 0.1) is 0 Å². The van der Waals surface area contributed by atoms with Crippen molar-refractivity contribution in [3.05, 3.63) is 89.1 Å². The lowest BCUT2D eigenvalue weighted by Gasteiger charge is -2.18. The van der Waals surface area contributed by atoms with E-state index in [-0.39, 0.29) is 30.7 Å². The molecule has 3 aromatic rings. The van der Waals surface area contributed by atoms with Gasteiger partial charge in [-0.15, -0.1) is 13.2 Å². The van der Waals surface area contributed by atoms with Crippen LogP contribution in [0.3, 0.4) is 0 Å². The maximum absolute atomic E-state index is 12.4. The number of nitrogen functional groups attached to an aromatic ring is 1. The first-order valence-electron chi connectivity index (χ1n) is 11.3. The fraction of sp³-hybridized carbons (Fsp3) is 0.308. The molecule has 10 heteroatoms. The van der Waals surface area contributed by atoms with E-state index in [1.54, 1.807) is 24.4 Å². The third-order valence-electron chi connectivity index (χ3n) is 5.31. The van der Waals surface area contributed by atoms with Gasteiger partial charge in [0.25, 0.3) is 0 Å². The molecule has 1 aromatic heterocycles. The number of pyridine rings is 1. The molecule has 0 saturated carbocycles. The molecule has 0 spiro atoms. The highest BCUT2D eigenvalue weighted by atomic mass is 19.4. The van der Waals surface area contributed by atoms with Gasteiger partial charge in [0.15, 0.2) is 0 Å². The largest absolute Gasteiger partial charge is 0.573 e. The number of aromatic nitrogens is 1. The predicted molar refractivity (Wildman–Crippen MR) is 129 cm³/mol. The maximum atomic E-state index is 12.4. The zero-order chi connectivity index (χ0) is 26.1. The number of anilines is 1. The van der Waals surface area contributed by atoms with Crippen molar-refractivity contribution in [2.45, 2.75) is 44.8 Å². The van der Waals surface area contributed by atoms with Crippen molar-refractivity contribution in [1.29, 1.82) is 0 Å². The molecule has 0 aliphatic heterocycles. The number of ether oxygens (including phenoxy) is 1. The van der Waals surface area contributed by atoms with Gasteiger partial charge in [0.2, 0.25) is 5.91 Å². The van der Waals surface area contributed by atoms with Gasteiger partial charge in [0, 0.05) is 24.3 Å². The van der Waals surface area contributed by atoms with Crippen LogP contribution >= 0.6 is 0 Å². The normalized spacial score (nSPS) is 13.1. The maximum Gasteiger partial charge on any atom is 0.573 e. The van der Waals surface area contributed by atoms with Crippen LogP contribution in [0.2, 0.25) is 0 Å².